The van der Waals surface area contributed by atoms with Crippen LogP contribution in [0.5, 0.6) is 0 Å². The van der Waals surface area contributed by atoms with E-state index in [2.05, 4.69) is 174 Å². The standard InChI is InChI=1S/2C48H32N6/c1-4-11-36(12-5-1)43-32-44(51-45(50-43)38-13-6-2-7-14-38)37-23-19-34(20-24-37)41-17-10-18-42(31-41)48-53-46(39-15-8-3-9-16-39)52-47(54-48)40-25-21-33(22-26-40)35-27-29-49-30-28-35;1-4-11-38(12-5-1)45-50-43(36-23-19-33(20-24-36)35-27-29-49-30-28-35)32-44(51-45)37-25-21-34(22-26-37)41-17-10-18-42(31-41)48-53-46(39-13-6-2-7-14-39)52-47(54-48)40-15-8-3-9-16-40/h2*1-32H. The molecule has 18 aromatic rings. The van der Waals surface area contributed by atoms with Crippen LogP contribution in [0.2, 0.25) is 0 Å². The highest BCUT2D eigenvalue weighted by molar-refractivity contribution is 5.81. The van der Waals surface area contributed by atoms with Crippen LogP contribution in [0.25, 0.3) is 181 Å². The largest absolute Gasteiger partial charge is 0.265 e. The average Bonchev–Trinajstić information content (AvgIpc) is 0.798. The van der Waals surface area contributed by atoms with Crippen molar-refractivity contribution in [1.82, 2.24) is 59.8 Å². The minimum atomic E-state index is 0.610. The van der Waals surface area contributed by atoms with Crippen molar-refractivity contribution < 1.29 is 0 Å². The molecule has 0 N–H and O–H groups in total. The highest BCUT2D eigenvalue weighted by Gasteiger charge is 2.19. The van der Waals surface area contributed by atoms with Gasteiger partial charge in [0.15, 0.2) is 46.6 Å². The lowest BCUT2D eigenvalue weighted by Crippen LogP contribution is -2.00. The molecule has 0 aliphatic carbocycles. The SMILES string of the molecule is c1ccc(-c2cc(-c3ccc(-c4cccc(-c5nc(-c6ccccc6)nc(-c6ccc(-c7ccncc7)cc6)n5)c4)cc3)nc(-c3ccccc3)n2)cc1.c1ccc(-c2nc(-c3ccc(-c4ccncc4)cc3)cc(-c3ccc(-c4cccc(-c5nc(-c6ccccc6)nc(-c6ccccc6)n5)c4)cc3)n2)cc1. The normalized spacial score (nSPS) is 11.0. The lowest BCUT2D eigenvalue weighted by molar-refractivity contribution is 1.07. The van der Waals surface area contributed by atoms with Gasteiger partial charge in [0.1, 0.15) is 0 Å². The van der Waals surface area contributed by atoms with Gasteiger partial charge in [0.05, 0.1) is 22.8 Å². The molecule has 0 saturated heterocycles. The van der Waals surface area contributed by atoms with Gasteiger partial charge < -0.3 is 0 Å². The van der Waals surface area contributed by atoms with Crippen LogP contribution in [0.15, 0.2) is 389 Å². The van der Waals surface area contributed by atoms with Crippen molar-refractivity contribution >= 4 is 0 Å². The van der Waals surface area contributed by atoms with E-state index in [9.17, 15) is 0 Å². The van der Waals surface area contributed by atoms with E-state index in [-0.39, 0.29) is 0 Å². The molecular formula is C96H64N12. The first-order chi connectivity index (χ1) is 53.5. The van der Waals surface area contributed by atoms with E-state index in [0.717, 1.165) is 134 Å². The van der Waals surface area contributed by atoms with Crippen molar-refractivity contribution in [3.05, 3.63) is 389 Å². The number of nitrogens with zero attached hydrogens (tertiary/aromatic N) is 12. The van der Waals surface area contributed by atoms with Crippen LogP contribution in [-0.2, 0) is 0 Å². The first kappa shape index (κ1) is 66.4. The van der Waals surface area contributed by atoms with Crippen molar-refractivity contribution in [3.63, 3.8) is 0 Å². The predicted molar refractivity (Wildman–Crippen MR) is 433 cm³/mol. The van der Waals surface area contributed by atoms with Gasteiger partial charge in [-0.3, -0.25) is 9.97 Å². The van der Waals surface area contributed by atoms with E-state index in [1.807, 2.05) is 213 Å². The third kappa shape index (κ3) is 15.1. The Bertz CT molecular complexity index is 5980. The van der Waals surface area contributed by atoms with Gasteiger partial charge in [-0.15, -0.1) is 0 Å². The van der Waals surface area contributed by atoms with Gasteiger partial charge in [-0.2, -0.15) is 0 Å². The van der Waals surface area contributed by atoms with Crippen LogP contribution < -0.4 is 0 Å². The highest BCUT2D eigenvalue weighted by atomic mass is 15.0. The zero-order chi connectivity index (χ0) is 72.2. The summed E-state index contributed by atoms with van der Waals surface area (Å²) in [5, 5.41) is 0. The fourth-order valence-electron chi connectivity index (χ4n) is 12.9. The molecular weight excluding hydrogens is 1320 g/mol. The van der Waals surface area contributed by atoms with Crippen LogP contribution in [0.1, 0.15) is 0 Å². The van der Waals surface area contributed by atoms with E-state index in [4.69, 9.17) is 49.8 Å². The van der Waals surface area contributed by atoms with Gasteiger partial charge >= 0.3 is 0 Å². The molecule has 108 heavy (non-hydrogen) atoms. The summed E-state index contributed by atoms with van der Waals surface area (Å²) in [6, 6.07) is 123. The second-order valence-corrected chi connectivity index (χ2v) is 25.7. The molecule has 0 saturated carbocycles. The topological polar surface area (TPSA) is 155 Å². The summed E-state index contributed by atoms with van der Waals surface area (Å²) < 4.78 is 0. The van der Waals surface area contributed by atoms with E-state index in [1.165, 1.54) is 0 Å². The van der Waals surface area contributed by atoms with Gasteiger partial charge in [-0.25, -0.2) is 49.8 Å². The van der Waals surface area contributed by atoms with Crippen molar-refractivity contribution in [1.29, 1.82) is 0 Å². The van der Waals surface area contributed by atoms with Gasteiger partial charge in [0.25, 0.3) is 0 Å². The minimum absolute atomic E-state index is 0.610. The molecule has 0 atom stereocenters. The Morgan fingerprint density at radius 3 is 0.565 bits per heavy atom. The molecule has 0 amide bonds. The number of hydrogen-bond acceptors (Lipinski definition) is 12. The highest BCUT2D eigenvalue weighted by Crippen LogP contribution is 2.36. The van der Waals surface area contributed by atoms with Crippen LogP contribution in [-0.4, -0.2) is 59.8 Å². The van der Waals surface area contributed by atoms with E-state index in [1.54, 1.807) is 12.4 Å². The van der Waals surface area contributed by atoms with Gasteiger partial charge in [-0.05, 0) is 93.0 Å². The Morgan fingerprint density at radius 1 is 0.111 bits per heavy atom. The summed E-state index contributed by atoms with van der Waals surface area (Å²) in [7, 11) is 0. The van der Waals surface area contributed by atoms with Gasteiger partial charge in [0, 0.05) is 91.5 Å². The van der Waals surface area contributed by atoms with Crippen molar-refractivity contribution in [2.75, 3.05) is 0 Å². The molecule has 0 unspecified atom stereocenters. The predicted octanol–water partition coefficient (Wildman–Crippen LogP) is 22.8. The Hall–Kier alpha value is -14.9. The van der Waals surface area contributed by atoms with E-state index in [0.29, 0.717) is 46.6 Å². The molecule has 0 aliphatic heterocycles. The van der Waals surface area contributed by atoms with Crippen molar-refractivity contribution in [2.24, 2.45) is 0 Å². The Labute approximate surface area is 625 Å². The summed E-state index contributed by atoms with van der Waals surface area (Å²) in [4.78, 5) is 58.0. The molecule has 0 aliphatic rings. The van der Waals surface area contributed by atoms with Gasteiger partial charge in [-0.1, -0.05) is 315 Å². The fraction of sp³-hybridized carbons (Fsp3) is 0. The van der Waals surface area contributed by atoms with Crippen LogP contribution >= 0.6 is 0 Å². The monoisotopic (exact) mass is 1380 g/mol. The molecule has 0 bridgehead atoms. The summed E-state index contributed by atoms with van der Waals surface area (Å²) in [5.41, 5.74) is 23.7. The third-order valence-corrected chi connectivity index (χ3v) is 18.6. The molecule has 508 valence electrons. The summed E-state index contributed by atoms with van der Waals surface area (Å²) in [6.07, 6.45) is 7.23. The second-order valence-electron chi connectivity index (χ2n) is 25.7. The first-order valence-electron chi connectivity index (χ1n) is 35.5. The molecule has 6 heterocycles. The molecule has 0 radical (unpaired) electrons. The van der Waals surface area contributed by atoms with E-state index >= 15 is 0 Å². The Morgan fingerprint density at radius 2 is 0.287 bits per heavy atom. The summed E-state index contributed by atoms with van der Waals surface area (Å²) in [6.45, 7) is 0. The summed E-state index contributed by atoms with van der Waals surface area (Å²) in [5.74, 6) is 5.12. The van der Waals surface area contributed by atoms with Crippen molar-refractivity contribution in [3.8, 4) is 181 Å². The maximum atomic E-state index is 5.05. The third-order valence-electron chi connectivity index (χ3n) is 18.6. The van der Waals surface area contributed by atoms with Crippen molar-refractivity contribution in [2.45, 2.75) is 0 Å². The molecule has 18 rings (SSSR count). The van der Waals surface area contributed by atoms with Crippen LogP contribution in [0.3, 0.4) is 0 Å². The molecule has 0 fully saturated rings. The minimum Gasteiger partial charge on any atom is -0.265 e. The number of hydrogen-bond donors (Lipinski definition) is 0. The maximum Gasteiger partial charge on any atom is 0.164 e. The Balaban J connectivity index is 0.000000158. The zero-order valence-corrected chi connectivity index (χ0v) is 58.3. The molecule has 12 nitrogen and oxygen atoms in total. The van der Waals surface area contributed by atoms with E-state index < -0.39 is 0 Å². The number of benzene rings is 12. The number of pyridine rings is 2. The molecule has 6 aromatic heterocycles. The second kappa shape index (κ2) is 31.0. The lowest BCUT2D eigenvalue weighted by atomic mass is 9.99. The lowest BCUT2D eigenvalue weighted by Gasteiger charge is -2.11. The average molecular weight is 1390 g/mol. The quantitative estimate of drug-likeness (QED) is 0.0904. The van der Waals surface area contributed by atoms with Gasteiger partial charge in [0.2, 0.25) is 0 Å². The smallest absolute Gasteiger partial charge is 0.164 e. The van der Waals surface area contributed by atoms with Crippen LogP contribution in [0, 0.1) is 0 Å². The molecule has 12 heteroatoms. The van der Waals surface area contributed by atoms with Crippen LogP contribution in [0.4, 0.5) is 0 Å². The zero-order valence-electron chi connectivity index (χ0n) is 58.3. The summed E-state index contributed by atoms with van der Waals surface area (Å²) >= 11 is 0. The Kier molecular flexibility index (Phi) is 19.0. The fourth-order valence-corrected chi connectivity index (χ4v) is 12.9. The first-order valence-corrected chi connectivity index (χ1v) is 35.5. The number of aromatic nitrogens is 12. The molecule has 12 aromatic carbocycles. The maximum absolute atomic E-state index is 5.05. The molecule has 0 spiro atoms. The number of rotatable bonds is 16.